The summed E-state index contributed by atoms with van der Waals surface area (Å²) in [5.74, 6) is 1.34. The number of imidazole rings is 1. The van der Waals surface area contributed by atoms with E-state index in [4.69, 9.17) is 4.74 Å². The highest BCUT2D eigenvalue weighted by Gasteiger charge is 2.20. The number of nitrogens with zero attached hydrogens (tertiary/aromatic N) is 2. The van der Waals surface area contributed by atoms with Crippen LogP contribution in [0.3, 0.4) is 0 Å². The number of sulfonamides is 1. The fourth-order valence-corrected chi connectivity index (χ4v) is 5.54. The van der Waals surface area contributed by atoms with Crippen LogP contribution in [0.4, 0.5) is 5.69 Å². The normalized spacial score (nSPS) is 13.4. The monoisotopic (exact) mass is 465 g/mol. The lowest BCUT2D eigenvalue weighted by atomic mass is 10.1. The highest BCUT2D eigenvalue weighted by atomic mass is 79.9. The number of fused-ring (bicyclic) bond motifs is 1. The number of anilines is 1. The van der Waals surface area contributed by atoms with Crippen molar-refractivity contribution in [2.75, 3.05) is 17.6 Å². The lowest BCUT2D eigenvalue weighted by molar-refractivity contribution is 0.403. The molecule has 0 unspecified atom stereocenters. The number of benzene rings is 2. The highest BCUT2D eigenvalue weighted by Crippen LogP contribution is 2.31. The molecular formula is C18H16BrN3O3S2. The molecule has 9 heteroatoms. The van der Waals surface area contributed by atoms with Crippen molar-refractivity contribution in [3.8, 4) is 17.0 Å². The van der Waals surface area contributed by atoms with E-state index in [0.29, 0.717) is 10.2 Å². The molecule has 4 rings (SSSR count). The molecule has 0 radical (unpaired) electrons. The maximum absolute atomic E-state index is 12.8. The van der Waals surface area contributed by atoms with Crippen LogP contribution in [0, 0.1) is 0 Å². The molecule has 1 N–H and O–H groups in total. The maximum Gasteiger partial charge on any atom is 0.265 e. The number of halogens is 1. The number of aryl methyl sites for hydroxylation is 1. The molecule has 0 bridgehead atoms. The van der Waals surface area contributed by atoms with Crippen LogP contribution in [-0.2, 0) is 16.6 Å². The summed E-state index contributed by atoms with van der Waals surface area (Å²) >= 11 is 5.04. The van der Waals surface area contributed by atoms with Gasteiger partial charge in [0.25, 0.3) is 10.0 Å². The van der Waals surface area contributed by atoms with Gasteiger partial charge < -0.3 is 9.30 Å². The zero-order valence-corrected chi connectivity index (χ0v) is 17.6. The van der Waals surface area contributed by atoms with Crippen LogP contribution in [0.1, 0.15) is 0 Å². The number of rotatable bonds is 5. The van der Waals surface area contributed by atoms with E-state index in [2.05, 4.69) is 30.2 Å². The predicted octanol–water partition coefficient (Wildman–Crippen LogP) is 4.23. The van der Waals surface area contributed by atoms with Gasteiger partial charge >= 0.3 is 0 Å². The van der Waals surface area contributed by atoms with Crippen LogP contribution in [0.15, 0.2) is 63.2 Å². The Morgan fingerprint density at radius 1 is 1.22 bits per heavy atom. The molecule has 3 aromatic rings. The van der Waals surface area contributed by atoms with Crippen molar-refractivity contribution in [1.29, 1.82) is 0 Å². The molecule has 1 aromatic heterocycles. The van der Waals surface area contributed by atoms with Crippen molar-refractivity contribution < 1.29 is 13.2 Å². The van der Waals surface area contributed by atoms with Gasteiger partial charge in [0.15, 0.2) is 5.16 Å². The Bertz CT molecular complexity index is 1070. The molecule has 0 saturated heterocycles. The summed E-state index contributed by atoms with van der Waals surface area (Å²) in [7, 11) is -2.34. The molecule has 2 aromatic carbocycles. The van der Waals surface area contributed by atoms with Crippen LogP contribution in [0.2, 0.25) is 0 Å². The van der Waals surface area contributed by atoms with Gasteiger partial charge in [0.1, 0.15) is 10.6 Å². The molecule has 27 heavy (non-hydrogen) atoms. The number of hydrogen-bond donors (Lipinski definition) is 1. The van der Waals surface area contributed by atoms with E-state index in [1.807, 2.05) is 18.3 Å². The molecular weight excluding hydrogens is 450 g/mol. The molecule has 140 valence electrons. The van der Waals surface area contributed by atoms with Gasteiger partial charge in [-0.15, -0.1) is 0 Å². The van der Waals surface area contributed by atoms with Gasteiger partial charge in [-0.3, -0.25) is 4.72 Å². The summed E-state index contributed by atoms with van der Waals surface area (Å²) < 4.78 is 36.1. The fourth-order valence-electron chi connectivity index (χ4n) is 2.83. The van der Waals surface area contributed by atoms with Crippen molar-refractivity contribution >= 4 is 43.4 Å². The highest BCUT2D eigenvalue weighted by molar-refractivity contribution is 9.10. The molecule has 0 spiro atoms. The third-order valence-electron chi connectivity index (χ3n) is 4.15. The maximum atomic E-state index is 12.8. The minimum atomic E-state index is -3.78. The Morgan fingerprint density at radius 2 is 2.00 bits per heavy atom. The van der Waals surface area contributed by atoms with Crippen LogP contribution in [0.5, 0.6) is 5.75 Å². The quantitative estimate of drug-likeness (QED) is 0.610. The summed E-state index contributed by atoms with van der Waals surface area (Å²) in [4.78, 5) is 4.69. The summed E-state index contributed by atoms with van der Waals surface area (Å²) in [5, 5.41) is 1.02. The number of hydrogen-bond acceptors (Lipinski definition) is 5. The van der Waals surface area contributed by atoms with Crippen LogP contribution >= 0.6 is 27.7 Å². The van der Waals surface area contributed by atoms with Crippen LogP contribution in [-0.4, -0.2) is 30.8 Å². The molecule has 0 fully saturated rings. The smallest absolute Gasteiger partial charge is 0.265 e. The Kier molecular flexibility index (Phi) is 4.92. The number of methoxy groups -OCH3 is 1. The van der Waals surface area contributed by atoms with Crippen molar-refractivity contribution in [3.05, 3.63) is 53.1 Å². The molecule has 0 aliphatic carbocycles. The standard InChI is InChI=1S/C18H16BrN3O3S2/c1-25-16-7-4-13(19)10-17(16)27(23,24)21-14-5-2-12(3-6-14)15-11-22-8-9-26-18(22)20-15/h2-7,10-11,21H,8-9H2,1H3. The minimum absolute atomic E-state index is 0.0750. The average Bonchev–Trinajstić information content (AvgIpc) is 3.24. The zero-order chi connectivity index (χ0) is 19.0. The summed E-state index contributed by atoms with van der Waals surface area (Å²) in [5.41, 5.74) is 2.31. The van der Waals surface area contributed by atoms with Crippen molar-refractivity contribution in [1.82, 2.24) is 9.55 Å². The van der Waals surface area contributed by atoms with E-state index in [1.54, 1.807) is 36.0 Å². The summed E-state index contributed by atoms with van der Waals surface area (Å²) in [6.07, 6.45) is 2.03. The van der Waals surface area contributed by atoms with Gasteiger partial charge in [0.05, 0.1) is 12.8 Å². The van der Waals surface area contributed by atoms with Gasteiger partial charge in [-0.1, -0.05) is 39.8 Å². The molecule has 0 amide bonds. The molecule has 6 nitrogen and oxygen atoms in total. The third kappa shape index (κ3) is 3.71. The first-order valence-electron chi connectivity index (χ1n) is 8.13. The summed E-state index contributed by atoms with van der Waals surface area (Å²) in [6, 6.07) is 12.0. The van der Waals surface area contributed by atoms with Gasteiger partial charge in [-0.25, -0.2) is 13.4 Å². The second-order valence-electron chi connectivity index (χ2n) is 5.93. The van der Waals surface area contributed by atoms with Gasteiger partial charge in [0, 0.05) is 34.2 Å². The number of aromatic nitrogens is 2. The van der Waals surface area contributed by atoms with E-state index >= 15 is 0 Å². The fraction of sp³-hybridized carbons (Fsp3) is 0.167. The topological polar surface area (TPSA) is 73.2 Å². The Morgan fingerprint density at radius 3 is 2.70 bits per heavy atom. The van der Waals surface area contributed by atoms with Gasteiger partial charge in [-0.05, 0) is 30.3 Å². The first kappa shape index (κ1) is 18.4. The van der Waals surface area contributed by atoms with E-state index in [-0.39, 0.29) is 10.6 Å². The van der Waals surface area contributed by atoms with Crippen LogP contribution < -0.4 is 9.46 Å². The summed E-state index contributed by atoms with van der Waals surface area (Å²) in [6.45, 7) is 0.972. The molecule has 2 heterocycles. The van der Waals surface area contributed by atoms with E-state index in [9.17, 15) is 8.42 Å². The Hall–Kier alpha value is -1.97. The molecule has 1 aliphatic heterocycles. The second kappa shape index (κ2) is 7.21. The van der Waals surface area contributed by atoms with Gasteiger partial charge in [-0.2, -0.15) is 0 Å². The molecule has 1 aliphatic rings. The van der Waals surface area contributed by atoms with E-state index in [1.165, 1.54) is 13.2 Å². The van der Waals surface area contributed by atoms with Crippen molar-refractivity contribution in [2.24, 2.45) is 0 Å². The largest absolute Gasteiger partial charge is 0.495 e. The Labute approximate surface area is 170 Å². The number of ether oxygens (including phenoxy) is 1. The van der Waals surface area contributed by atoms with Crippen molar-refractivity contribution in [2.45, 2.75) is 16.6 Å². The number of thioether (sulfide) groups is 1. The van der Waals surface area contributed by atoms with Gasteiger partial charge in [0.2, 0.25) is 0 Å². The molecule has 0 atom stereocenters. The third-order valence-corrected chi connectivity index (χ3v) is 7.02. The van der Waals surface area contributed by atoms with E-state index < -0.39 is 10.0 Å². The van der Waals surface area contributed by atoms with Crippen LogP contribution in [0.25, 0.3) is 11.3 Å². The minimum Gasteiger partial charge on any atom is -0.495 e. The SMILES string of the molecule is COc1ccc(Br)cc1S(=O)(=O)Nc1ccc(-c2cn3c(n2)SCC3)cc1. The first-order valence-corrected chi connectivity index (χ1v) is 11.4. The average molecular weight is 466 g/mol. The Balaban J connectivity index is 1.58. The second-order valence-corrected chi connectivity index (χ2v) is 9.56. The van der Waals surface area contributed by atoms with E-state index in [0.717, 1.165) is 28.7 Å². The first-order chi connectivity index (χ1) is 13.0. The lowest BCUT2D eigenvalue weighted by Gasteiger charge is -2.12. The predicted molar refractivity (Wildman–Crippen MR) is 110 cm³/mol. The molecule has 0 saturated carbocycles. The van der Waals surface area contributed by atoms with Crippen molar-refractivity contribution in [3.63, 3.8) is 0 Å². The zero-order valence-electron chi connectivity index (χ0n) is 14.3. The lowest BCUT2D eigenvalue weighted by Crippen LogP contribution is -2.14. The number of nitrogens with one attached hydrogen (secondary N) is 1.